The third kappa shape index (κ3) is 5.28. The molecule has 0 heterocycles. The second-order valence-electron chi connectivity index (χ2n) is 8.73. The normalized spacial score (nSPS) is 14.2. The van der Waals surface area contributed by atoms with E-state index in [1.165, 1.54) is 9.80 Å². The van der Waals surface area contributed by atoms with Gasteiger partial charge in [-0.05, 0) is 48.9 Å². The highest BCUT2D eigenvalue weighted by molar-refractivity contribution is 6.12. The average molecular weight is 480 g/mol. The van der Waals surface area contributed by atoms with Crippen molar-refractivity contribution in [3.05, 3.63) is 120 Å². The number of para-hydroxylation sites is 2. The Morgan fingerprint density at radius 1 is 0.639 bits per heavy atom. The molecule has 3 aromatic rings. The first kappa shape index (κ1) is 24.7. The van der Waals surface area contributed by atoms with Gasteiger partial charge in [0.2, 0.25) is 0 Å². The molecule has 0 aliphatic heterocycles. The Morgan fingerprint density at radius 2 is 1.08 bits per heavy atom. The van der Waals surface area contributed by atoms with Crippen molar-refractivity contribution in [2.45, 2.75) is 12.5 Å². The predicted molar refractivity (Wildman–Crippen MR) is 144 cm³/mol. The van der Waals surface area contributed by atoms with E-state index in [1.54, 1.807) is 44.2 Å². The fourth-order valence-corrected chi connectivity index (χ4v) is 4.13. The molecular weight excluding hydrogens is 450 g/mol. The van der Waals surface area contributed by atoms with Crippen LogP contribution in [0.1, 0.15) is 37.5 Å². The van der Waals surface area contributed by atoms with Gasteiger partial charge in [0.25, 0.3) is 17.7 Å². The minimum absolute atomic E-state index is 0.0972. The average Bonchev–Trinajstić information content (AvgIpc) is 2.95. The summed E-state index contributed by atoms with van der Waals surface area (Å²) in [5.41, 5.74) is 2.25. The van der Waals surface area contributed by atoms with Crippen LogP contribution < -0.4 is 9.80 Å². The molecule has 0 fully saturated rings. The summed E-state index contributed by atoms with van der Waals surface area (Å²) in [5.74, 6) is -0.876. The number of carbonyl (C=O) groups excluding carboxylic acids is 3. The Labute approximate surface area is 211 Å². The number of rotatable bonds is 6. The first-order valence-electron chi connectivity index (χ1n) is 11.8. The number of likely N-dealkylation sites (N-methyl/N-ethyl adjacent to an activating group) is 1. The van der Waals surface area contributed by atoms with E-state index in [9.17, 15) is 14.4 Å². The minimum atomic E-state index is -0.310. The van der Waals surface area contributed by atoms with Crippen LogP contribution in [-0.2, 0) is 0 Å². The molecule has 0 saturated heterocycles. The zero-order valence-electron chi connectivity index (χ0n) is 20.7. The molecule has 1 aliphatic carbocycles. The van der Waals surface area contributed by atoms with Crippen molar-refractivity contribution >= 4 is 29.1 Å². The Kier molecular flexibility index (Phi) is 7.44. The molecule has 6 nitrogen and oxygen atoms in total. The molecule has 1 aliphatic rings. The van der Waals surface area contributed by atoms with E-state index in [0.717, 1.165) is 0 Å². The van der Waals surface area contributed by atoms with Crippen LogP contribution in [0.2, 0.25) is 0 Å². The maximum atomic E-state index is 13.5. The van der Waals surface area contributed by atoms with Gasteiger partial charge in [-0.3, -0.25) is 14.4 Å². The van der Waals surface area contributed by atoms with Gasteiger partial charge in [-0.2, -0.15) is 0 Å². The van der Waals surface area contributed by atoms with Crippen LogP contribution >= 0.6 is 0 Å². The lowest BCUT2D eigenvalue weighted by atomic mass is 10.0. The van der Waals surface area contributed by atoms with Crippen LogP contribution in [0, 0.1) is 0 Å². The molecule has 1 unspecified atom stereocenters. The lowest BCUT2D eigenvalue weighted by Gasteiger charge is -2.27. The van der Waals surface area contributed by atoms with Gasteiger partial charge < -0.3 is 14.7 Å². The van der Waals surface area contributed by atoms with Gasteiger partial charge in [0, 0.05) is 49.2 Å². The third-order valence-electron chi connectivity index (χ3n) is 6.35. The van der Waals surface area contributed by atoms with E-state index in [2.05, 4.69) is 0 Å². The Morgan fingerprint density at radius 3 is 1.50 bits per heavy atom. The van der Waals surface area contributed by atoms with Gasteiger partial charge >= 0.3 is 0 Å². The van der Waals surface area contributed by atoms with E-state index < -0.39 is 0 Å². The van der Waals surface area contributed by atoms with Gasteiger partial charge in [0.1, 0.15) is 0 Å². The van der Waals surface area contributed by atoms with Crippen molar-refractivity contribution < 1.29 is 14.4 Å². The molecule has 182 valence electrons. The topological polar surface area (TPSA) is 60.9 Å². The summed E-state index contributed by atoms with van der Waals surface area (Å²) in [6.45, 7) is 0. The SMILES string of the molecule is CN(C(=O)c1cc(C(=O)N(C)c2ccccc2)cc(C(=O)N(C)C2C=CC=CC2)c1)c1ccccc1. The first-order chi connectivity index (χ1) is 17.4. The number of benzene rings is 3. The second-order valence-corrected chi connectivity index (χ2v) is 8.73. The van der Waals surface area contributed by atoms with Gasteiger partial charge in [-0.1, -0.05) is 60.7 Å². The highest BCUT2D eigenvalue weighted by Crippen LogP contribution is 2.22. The largest absolute Gasteiger partial charge is 0.335 e. The lowest BCUT2D eigenvalue weighted by Crippen LogP contribution is -2.36. The summed E-state index contributed by atoms with van der Waals surface area (Å²) in [4.78, 5) is 45.1. The molecule has 3 amide bonds. The van der Waals surface area contributed by atoms with Gasteiger partial charge in [-0.25, -0.2) is 0 Å². The molecule has 36 heavy (non-hydrogen) atoms. The highest BCUT2D eigenvalue weighted by Gasteiger charge is 2.25. The summed E-state index contributed by atoms with van der Waals surface area (Å²) in [6.07, 6.45) is 8.54. The van der Waals surface area contributed by atoms with E-state index in [-0.39, 0.29) is 40.5 Å². The number of hydrogen-bond acceptors (Lipinski definition) is 3. The standard InChI is InChI=1S/C30H29N3O3/c1-31(25-13-7-4-8-14-25)28(34)22-19-23(29(35)32(2)26-15-9-5-10-16-26)21-24(20-22)30(36)33(3)27-17-11-6-12-18-27/h4-17,19-21,27H,18H2,1-3H3. The van der Waals surface area contributed by atoms with Crippen LogP contribution in [0.3, 0.4) is 0 Å². The van der Waals surface area contributed by atoms with Gasteiger partial charge in [0.15, 0.2) is 0 Å². The van der Waals surface area contributed by atoms with Crippen molar-refractivity contribution in [2.24, 2.45) is 0 Å². The zero-order chi connectivity index (χ0) is 25.7. The maximum absolute atomic E-state index is 13.5. The quantitative estimate of drug-likeness (QED) is 0.489. The maximum Gasteiger partial charge on any atom is 0.258 e. The highest BCUT2D eigenvalue weighted by atomic mass is 16.2. The predicted octanol–water partition coefficient (Wildman–Crippen LogP) is 5.20. The van der Waals surface area contributed by atoms with Crippen molar-refractivity contribution in [1.29, 1.82) is 0 Å². The fourth-order valence-electron chi connectivity index (χ4n) is 4.13. The molecule has 0 N–H and O–H groups in total. The van der Waals surface area contributed by atoms with E-state index >= 15 is 0 Å². The fraction of sp³-hybridized carbons (Fsp3) is 0.167. The van der Waals surface area contributed by atoms with E-state index in [4.69, 9.17) is 0 Å². The lowest BCUT2D eigenvalue weighted by molar-refractivity contribution is 0.0761. The summed E-state index contributed by atoms with van der Waals surface area (Å²) in [6, 6.07) is 23.1. The summed E-state index contributed by atoms with van der Waals surface area (Å²) < 4.78 is 0. The molecule has 1 atom stereocenters. The van der Waals surface area contributed by atoms with Crippen molar-refractivity contribution in [3.63, 3.8) is 0 Å². The molecule has 4 rings (SSSR count). The molecule has 0 spiro atoms. The molecule has 0 bridgehead atoms. The summed E-state index contributed by atoms with van der Waals surface area (Å²) in [5, 5.41) is 0. The van der Waals surface area contributed by atoms with Crippen molar-refractivity contribution in [1.82, 2.24) is 4.90 Å². The number of amides is 3. The van der Waals surface area contributed by atoms with Gasteiger partial charge in [-0.15, -0.1) is 0 Å². The number of allylic oxidation sites excluding steroid dienone is 2. The Balaban J connectivity index is 1.73. The first-order valence-corrected chi connectivity index (χ1v) is 11.8. The summed E-state index contributed by atoms with van der Waals surface area (Å²) in [7, 11) is 5.09. The molecule has 0 saturated carbocycles. The van der Waals surface area contributed by atoms with E-state index in [0.29, 0.717) is 17.8 Å². The van der Waals surface area contributed by atoms with Crippen LogP contribution in [-0.4, -0.2) is 49.8 Å². The molecule has 0 radical (unpaired) electrons. The Hall–Kier alpha value is -4.45. The molecular formula is C30H29N3O3. The number of carbonyl (C=O) groups is 3. The van der Waals surface area contributed by atoms with Crippen LogP contribution in [0.15, 0.2) is 103 Å². The number of nitrogens with zero attached hydrogens (tertiary/aromatic N) is 3. The van der Waals surface area contributed by atoms with Crippen LogP contribution in [0.25, 0.3) is 0 Å². The van der Waals surface area contributed by atoms with Crippen LogP contribution in [0.5, 0.6) is 0 Å². The molecule has 3 aromatic carbocycles. The van der Waals surface area contributed by atoms with E-state index in [1.807, 2.05) is 85.0 Å². The van der Waals surface area contributed by atoms with Crippen molar-refractivity contribution in [2.75, 3.05) is 30.9 Å². The molecule has 0 aromatic heterocycles. The van der Waals surface area contributed by atoms with Crippen molar-refractivity contribution in [3.8, 4) is 0 Å². The second kappa shape index (κ2) is 10.9. The number of anilines is 2. The van der Waals surface area contributed by atoms with Crippen LogP contribution in [0.4, 0.5) is 11.4 Å². The summed E-state index contributed by atoms with van der Waals surface area (Å²) >= 11 is 0. The zero-order valence-corrected chi connectivity index (χ0v) is 20.7. The molecule has 6 heteroatoms. The smallest absolute Gasteiger partial charge is 0.258 e. The third-order valence-corrected chi connectivity index (χ3v) is 6.35. The Bertz CT molecular complexity index is 1240. The monoisotopic (exact) mass is 479 g/mol. The number of hydrogen-bond donors (Lipinski definition) is 0. The minimum Gasteiger partial charge on any atom is -0.335 e. The van der Waals surface area contributed by atoms with Gasteiger partial charge in [0.05, 0.1) is 6.04 Å².